The number of nitro groups is 1. The molecular formula is C16H17N3O5S2. The lowest BCUT2D eigenvalue weighted by Crippen LogP contribution is -2.41. The van der Waals surface area contributed by atoms with E-state index < -0.39 is 20.9 Å². The summed E-state index contributed by atoms with van der Waals surface area (Å²) in [6.45, 7) is 0. The Morgan fingerprint density at radius 1 is 1.12 bits per heavy atom. The molecule has 0 fully saturated rings. The van der Waals surface area contributed by atoms with Crippen molar-refractivity contribution < 1.29 is 18.1 Å². The van der Waals surface area contributed by atoms with Gasteiger partial charge in [0.15, 0.2) is 0 Å². The number of amides is 1. The number of sulfonamides is 1. The normalized spacial score (nSPS) is 14.3. The Hall–Kier alpha value is -2.30. The van der Waals surface area contributed by atoms with Crippen molar-refractivity contribution in [1.29, 1.82) is 0 Å². The van der Waals surface area contributed by atoms with Crippen LogP contribution >= 0.6 is 11.3 Å². The van der Waals surface area contributed by atoms with Crippen molar-refractivity contribution in [2.45, 2.75) is 37.0 Å². The lowest BCUT2D eigenvalue weighted by Gasteiger charge is -2.07. The van der Waals surface area contributed by atoms with Crippen LogP contribution in [0.5, 0.6) is 0 Å². The molecule has 2 N–H and O–H groups in total. The predicted molar refractivity (Wildman–Crippen MR) is 96.5 cm³/mol. The number of thiophene rings is 1. The fourth-order valence-electron chi connectivity index (χ4n) is 2.76. The third-order valence-corrected chi connectivity index (χ3v) is 6.63. The van der Waals surface area contributed by atoms with Gasteiger partial charge in [-0.3, -0.25) is 20.3 Å². The molecule has 10 heteroatoms. The average molecular weight is 395 g/mol. The second-order valence-corrected chi connectivity index (χ2v) is 8.75. The number of hydrogen-bond donors (Lipinski definition) is 2. The van der Waals surface area contributed by atoms with Crippen molar-refractivity contribution >= 4 is 33.0 Å². The molecule has 1 aliphatic rings. The minimum atomic E-state index is -4.01. The first-order valence-corrected chi connectivity index (χ1v) is 10.3. The van der Waals surface area contributed by atoms with Gasteiger partial charge in [-0.25, -0.2) is 8.42 Å². The first-order chi connectivity index (χ1) is 12.4. The number of fused-ring (bicyclic) bond motifs is 1. The summed E-state index contributed by atoms with van der Waals surface area (Å²) in [6.07, 6.45) is 5.26. The Bertz CT molecular complexity index is 912. The molecule has 0 saturated carbocycles. The zero-order valence-corrected chi connectivity index (χ0v) is 15.4. The highest BCUT2D eigenvalue weighted by molar-refractivity contribution is 7.89. The highest BCUT2D eigenvalue weighted by atomic mass is 32.2. The minimum absolute atomic E-state index is 0.176. The highest BCUT2D eigenvalue weighted by Crippen LogP contribution is 2.28. The van der Waals surface area contributed by atoms with Crippen molar-refractivity contribution in [3.05, 3.63) is 55.8 Å². The Morgan fingerprint density at radius 2 is 1.81 bits per heavy atom. The summed E-state index contributed by atoms with van der Waals surface area (Å²) < 4.78 is 24.4. The van der Waals surface area contributed by atoms with Gasteiger partial charge in [0.2, 0.25) is 0 Å². The second-order valence-electron chi connectivity index (χ2n) is 5.93. The summed E-state index contributed by atoms with van der Waals surface area (Å²) in [7, 11) is -4.01. The largest absolute Gasteiger partial charge is 0.276 e. The van der Waals surface area contributed by atoms with Crippen molar-refractivity contribution in [3.8, 4) is 0 Å². The lowest BCUT2D eigenvalue weighted by atomic mass is 10.1. The lowest BCUT2D eigenvalue weighted by molar-refractivity contribution is -0.384. The molecule has 0 unspecified atom stereocenters. The van der Waals surface area contributed by atoms with Crippen LogP contribution in [0.2, 0.25) is 0 Å². The van der Waals surface area contributed by atoms with E-state index in [1.165, 1.54) is 22.6 Å². The van der Waals surface area contributed by atoms with Gasteiger partial charge in [0.1, 0.15) is 0 Å². The Balaban J connectivity index is 1.67. The summed E-state index contributed by atoms with van der Waals surface area (Å²) >= 11 is 1.39. The molecule has 1 aromatic heterocycles. The average Bonchev–Trinajstić information content (AvgIpc) is 2.90. The van der Waals surface area contributed by atoms with Gasteiger partial charge < -0.3 is 0 Å². The number of hydrogen-bond acceptors (Lipinski definition) is 6. The van der Waals surface area contributed by atoms with Crippen molar-refractivity contribution in [1.82, 2.24) is 10.3 Å². The predicted octanol–water partition coefficient (Wildman–Crippen LogP) is 2.55. The molecule has 1 aromatic carbocycles. The van der Waals surface area contributed by atoms with Crippen molar-refractivity contribution in [3.63, 3.8) is 0 Å². The van der Waals surface area contributed by atoms with Crippen LogP contribution in [-0.4, -0.2) is 19.2 Å². The molecule has 1 heterocycles. The van der Waals surface area contributed by atoms with Gasteiger partial charge in [-0.15, -0.1) is 16.2 Å². The number of nitro benzene ring substituents is 1. The molecule has 0 saturated heterocycles. The molecule has 0 radical (unpaired) electrons. The van der Waals surface area contributed by atoms with E-state index in [0.717, 1.165) is 55.5 Å². The maximum Gasteiger partial charge on any atom is 0.276 e. The topological polar surface area (TPSA) is 118 Å². The fourth-order valence-corrected chi connectivity index (χ4v) is 4.75. The third-order valence-electron chi connectivity index (χ3n) is 4.13. The number of hydrazine groups is 1. The SMILES string of the molecule is O=C(NNS(=O)(=O)c1ccc([N+](=O)[O-])cc1)c1cc2c(s1)CCCCC2. The first kappa shape index (κ1) is 18.5. The first-order valence-electron chi connectivity index (χ1n) is 8.05. The minimum Gasteiger partial charge on any atom is -0.273 e. The molecule has 0 spiro atoms. The number of benzene rings is 1. The number of non-ortho nitro benzene ring substituents is 1. The van der Waals surface area contributed by atoms with Crippen LogP contribution < -0.4 is 10.3 Å². The monoisotopic (exact) mass is 395 g/mol. The number of aryl methyl sites for hydroxylation is 2. The molecule has 0 aliphatic heterocycles. The van der Waals surface area contributed by atoms with Gasteiger partial charge in [0.05, 0.1) is 14.7 Å². The van der Waals surface area contributed by atoms with Gasteiger partial charge in [0, 0.05) is 17.0 Å². The molecule has 2 aromatic rings. The van der Waals surface area contributed by atoms with Gasteiger partial charge in [-0.2, -0.15) is 0 Å². The van der Waals surface area contributed by atoms with E-state index in [9.17, 15) is 23.3 Å². The van der Waals surface area contributed by atoms with Crippen LogP contribution in [0.4, 0.5) is 5.69 Å². The zero-order valence-electron chi connectivity index (χ0n) is 13.7. The standard InChI is InChI=1S/C16H17N3O5S2/c20-16(15-10-11-4-2-1-3-5-14(11)25-15)17-18-26(23,24)13-8-6-12(7-9-13)19(21)22/h6-10,18H,1-5H2,(H,17,20). The van der Waals surface area contributed by atoms with Gasteiger partial charge >= 0.3 is 0 Å². The summed E-state index contributed by atoms with van der Waals surface area (Å²) in [4.78, 5) is 25.8. The van der Waals surface area contributed by atoms with Gasteiger partial charge in [-0.05, 0) is 49.4 Å². The maximum atomic E-state index is 12.3. The summed E-state index contributed by atoms with van der Waals surface area (Å²) in [5.74, 6) is -0.520. The Kier molecular flexibility index (Phi) is 5.35. The molecule has 0 atom stereocenters. The number of rotatable bonds is 5. The number of carbonyl (C=O) groups excluding carboxylic acids is 1. The quantitative estimate of drug-likeness (QED) is 0.458. The third kappa shape index (κ3) is 4.09. The molecule has 3 rings (SSSR count). The van der Waals surface area contributed by atoms with Crippen LogP contribution in [0.1, 0.15) is 39.4 Å². The summed E-state index contributed by atoms with van der Waals surface area (Å²) in [5, 5.41) is 10.6. The Morgan fingerprint density at radius 3 is 2.50 bits per heavy atom. The molecule has 26 heavy (non-hydrogen) atoms. The molecule has 1 aliphatic carbocycles. The van der Waals surface area contributed by atoms with Crippen molar-refractivity contribution in [2.24, 2.45) is 0 Å². The Labute approximate surface area is 154 Å². The number of carbonyl (C=O) groups is 1. The second kappa shape index (κ2) is 7.52. The van der Waals surface area contributed by atoms with E-state index in [1.54, 1.807) is 0 Å². The maximum absolute atomic E-state index is 12.3. The van der Waals surface area contributed by atoms with Crippen LogP contribution in [0.3, 0.4) is 0 Å². The highest BCUT2D eigenvalue weighted by Gasteiger charge is 2.20. The molecule has 1 amide bonds. The van der Waals surface area contributed by atoms with E-state index in [4.69, 9.17) is 0 Å². The summed E-state index contributed by atoms with van der Waals surface area (Å²) in [6, 6.07) is 6.22. The fraction of sp³-hybridized carbons (Fsp3) is 0.312. The number of nitrogens with one attached hydrogen (secondary N) is 2. The van der Waals surface area contributed by atoms with Crippen LogP contribution in [0.15, 0.2) is 35.2 Å². The molecule has 0 bridgehead atoms. The number of nitrogens with zero attached hydrogens (tertiary/aromatic N) is 1. The van der Waals surface area contributed by atoms with E-state index >= 15 is 0 Å². The summed E-state index contributed by atoms with van der Waals surface area (Å²) in [5.41, 5.74) is 3.15. The zero-order chi connectivity index (χ0) is 18.7. The van der Waals surface area contributed by atoms with Crippen molar-refractivity contribution in [2.75, 3.05) is 0 Å². The van der Waals surface area contributed by atoms with E-state index in [0.29, 0.717) is 4.88 Å². The molecular weight excluding hydrogens is 378 g/mol. The van der Waals surface area contributed by atoms with Gasteiger partial charge in [0.25, 0.3) is 21.6 Å². The molecule has 138 valence electrons. The van der Waals surface area contributed by atoms with E-state index in [-0.39, 0.29) is 10.6 Å². The van der Waals surface area contributed by atoms with E-state index in [1.807, 2.05) is 10.9 Å². The van der Waals surface area contributed by atoms with Crippen LogP contribution in [-0.2, 0) is 22.9 Å². The van der Waals surface area contributed by atoms with Crippen LogP contribution in [0, 0.1) is 10.1 Å². The molecule has 8 nitrogen and oxygen atoms in total. The van der Waals surface area contributed by atoms with Gasteiger partial charge in [-0.1, -0.05) is 6.42 Å². The van der Waals surface area contributed by atoms with E-state index in [2.05, 4.69) is 5.43 Å². The smallest absolute Gasteiger partial charge is 0.273 e. The van der Waals surface area contributed by atoms with Crippen LogP contribution in [0.25, 0.3) is 0 Å².